The number of hydrogen-bond donors (Lipinski definition) is 1. The van der Waals surface area contributed by atoms with Crippen molar-refractivity contribution < 1.29 is 17.6 Å². The number of nitrogens with one attached hydrogen (secondary N) is 1. The minimum absolute atomic E-state index is 0.0910. The van der Waals surface area contributed by atoms with Crippen molar-refractivity contribution >= 4 is 15.9 Å². The first-order valence-corrected chi connectivity index (χ1v) is 8.58. The summed E-state index contributed by atoms with van der Waals surface area (Å²) in [4.78, 5) is 11.7. The highest BCUT2D eigenvalue weighted by Crippen LogP contribution is 2.13. The van der Waals surface area contributed by atoms with Crippen molar-refractivity contribution in [1.29, 1.82) is 0 Å². The molecule has 1 aliphatic rings. The zero-order valence-electron chi connectivity index (χ0n) is 11.7. The third-order valence-corrected chi connectivity index (χ3v) is 5.43. The zero-order valence-corrected chi connectivity index (χ0v) is 12.5. The Morgan fingerprint density at radius 3 is 2.76 bits per heavy atom. The minimum Gasteiger partial charge on any atom is -0.352 e. The van der Waals surface area contributed by atoms with Crippen molar-refractivity contribution in [2.24, 2.45) is 0 Å². The van der Waals surface area contributed by atoms with Gasteiger partial charge in [0, 0.05) is 31.6 Å². The van der Waals surface area contributed by atoms with Gasteiger partial charge < -0.3 is 5.32 Å². The predicted octanol–water partition coefficient (Wildman–Crippen LogP) is 1.26. The molecular formula is C14H19FN2O3S. The fraction of sp³-hybridized carbons (Fsp3) is 0.500. The number of benzene rings is 1. The van der Waals surface area contributed by atoms with Crippen LogP contribution in [0.3, 0.4) is 0 Å². The SMILES string of the molecule is O=C(CCN1CCCCS1(=O)=O)NCc1ccccc1F. The quantitative estimate of drug-likeness (QED) is 0.890. The molecule has 1 fully saturated rings. The number of sulfonamides is 1. The third kappa shape index (κ3) is 4.50. The maximum Gasteiger partial charge on any atom is 0.221 e. The highest BCUT2D eigenvalue weighted by molar-refractivity contribution is 7.89. The number of nitrogens with zero attached hydrogens (tertiary/aromatic N) is 1. The summed E-state index contributed by atoms with van der Waals surface area (Å²) in [7, 11) is -3.20. The molecular weight excluding hydrogens is 295 g/mol. The van der Waals surface area contributed by atoms with Crippen LogP contribution in [0.5, 0.6) is 0 Å². The molecule has 1 N–H and O–H groups in total. The number of halogens is 1. The van der Waals surface area contributed by atoms with Crippen molar-refractivity contribution in [2.45, 2.75) is 25.8 Å². The van der Waals surface area contributed by atoms with Crippen LogP contribution >= 0.6 is 0 Å². The summed E-state index contributed by atoms with van der Waals surface area (Å²) >= 11 is 0. The van der Waals surface area contributed by atoms with Gasteiger partial charge in [-0.3, -0.25) is 4.79 Å². The largest absolute Gasteiger partial charge is 0.352 e. The molecule has 2 rings (SSSR count). The van der Waals surface area contributed by atoms with Crippen molar-refractivity contribution in [2.75, 3.05) is 18.8 Å². The van der Waals surface area contributed by atoms with Crippen molar-refractivity contribution in [3.8, 4) is 0 Å². The predicted molar refractivity (Wildman–Crippen MR) is 77.5 cm³/mol. The van der Waals surface area contributed by atoms with Gasteiger partial charge in [0.25, 0.3) is 0 Å². The molecule has 1 aromatic carbocycles. The van der Waals surface area contributed by atoms with Gasteiger partial charge in [-0.2, -0.15) is 0 Å². The van der Waals surface area contributed by atoms with Gasteiger partial charge in [0.1, 0.15) is 5.82 Å². The van der Waals surface area contributed by atoms with Crippen LogP contribution in [0.25, 0.3) is 0 Å². The van der Waals surface area contributed by atoms with Gasteiger partial charge in [-0.25, -0.2) is 17.1 Å². The standard InChI is InChI=1S/C14H19FN2O3S/c15-13-6-2-1-5-12(13)11-16-14(18)7-9-17-8-3-4-10-21(17,19)20/h1-2,5-6H,3-4,7-11H2,(H,16,18). The van der Waals surface area contributed by atoms with Gasteiger partial charge >= 0.3 is 0 Å². The molecule has 0 aromatic heterocycles. The highest BCUT2D eigenvalue weighted by Gasteiger charge is 2.25. The van der Waals surface area contributed by atoms with Gasteiger partial charge in [-0.1, -0.05) is 18.2 Å². The zero-order chi connectivity index (χ0) is 15.3. The first kappa shape index (κ1) is 15.9. The topological polar surface area (TPSA) is 66.5 Å². The lowest BCUT2D eigenvalue weighted by Crippen LogP contribution is -2.40. The maximum absolute atomic E-state index is 13.4. The summed E-state index contributed by atoms with van der Waals surface area (Å²) in [6.07, 6.45) is 1.60. The molecule has 0 spiro atoms. The van der Waals surface area contributed by atoms with E-state index in [0.717, 1.165) is 6.42 Å². The summed E-state index contributed by atoms with van der Waals surface area (Å²) in [6, 6.07) is 6.22. The first-order chi connectivity index (χ1) is 9.99. The summed E-state index contributed by atoms with van der Waals surface area (Å²) in [5.41, 5.74) is 0.413. The molecule has 0 unspecified atom stereocenters. The lowest BCUT2D eigenvalue weighted by Gasteiger charge is -2.25. The van der Waals surface area contributed by atoms with Crippen LogP contribution in [0.1, 0.15) is 24.8 Å². The summed E-state index contributed by atoms with van der Waals surface area (Å²) in [5.74, 6) is -0.487. The normalized spacial score (nSPS) is 18.3. The van der Waals surface area contributed by atoms with E-state index in [2.05, 4.69) is 5.32 Å². The first-order valence-electron chi connectivity index (χ1n) is 6.97. The molecule has 0 radical (unpaired) electrons. The van der Waals surface area contributed by atoms with Crippen molar-refractivity contribution in [1.82, 2.24) is 9.62 Å². The van der Waals surface area contributed by atoms with Gasteiger partial charge in [-0.15, -0.1) is 0 Å². The second-order valence-corrected chi connectivity index (χ2v) is 7.13. The van der Waals surface area contributed by atoms with Gasteiger partial charge in [0.2, 0.25) is 15.9 Å². The number of amides is 1. The van der Waals surface area contributed by atoms with Crippen LogP contribution in [0.2, 0.25) is 0 Å². The fourth-order valence-electron chi connectivity index (χ4n) is 2.24. The molecule has 21 heavy (non-hydrogen) atoms. The van der Waals surface area contributed by atoms with E-state index in [1.54, 1.807) is 18.2 Å². The van der Waals surface area contributed by atoms with Crippen LogP contribution in [0, 0.1) is 5.82 Å². The van der Waals surface area contributed by atoms with Crippen LogP contribution in [-0.4, -0.2) is 37.5 Å². The Labute approximate surface area is 124 Å². The van der Waals surface area contributed by atoms with Crippen LogP contribution in [-0.2, 0) is 21.4 Å². The molecule has 0 aliphatic carbocycles. The Hall–Kier alpha value is -1.47. The molecule has 0 bridgehead atoms. The Balaban J connectivity index is 1.79. The lowest BCUT2D eigenvalue weighted by molar-refractivity contribution is -0.121. The molecule has 116 valence electrons. The van der Waals surface area contributed by atoms with E-state index >= 15 is 0 Å². The molecule has 0 atom stereocenters. The molecule has 1 heterocycles. The van der Waals surface area contributed by atoms with E-state index in [4.69, 9.17) is 0 Å². The Morgan fingerprint density at radius 2 is 2.05 bits per heavy atom. The average molecular weight is 314 g/mol. The smallest absolute Gasteiger partial charge is 0.221 e. The summed E-state index contributed by atoms with van der Waals surface area (Å²) in [5, 5.41) is 2.61. The van der Waals surface area contributed by atoms with E-state index in [9.17, 15) is 17.6 Å². The van der Waals surface area contributed by atoms with Crippen LogP contribution in [0.15, 0.2) is 24.3 Å². The monoisotopic (exact) mass is 314 g/mol. The molecule has 7 heteroatoms. The highest BCUT2D eigenvalue weighted by atomic mass is 32.2. The molecule has 0 saturated carbocycles. The number of rotatable bonds is 5. The number of carbonyl (C=O) groups excluding carboxylic acids is 1. The Bertz CT molecular complexity index is 604. The maximum atomic E-state index is 13.4. The number of hydrogen-bond acceptors (Lipinski definition) is 3. The second kappa shape index (κ2) is 7.00. The van der Waals surface area contributed by atoms with Gasteiger partial charge in [0.05, 0.1) is 5.75 Å². The second-order valence-electron chi connectivity index (χ2n) is 5.04. The van der Waals surface area contributed by atoms with E-state index in [-0.39, 0.29) is 37.0 Å². The van der Waals surface area contributed by atoms with Gasteiger partial charge in [-0.05, 0) is 18.9 Å². The van der Waals surface area contributed by atoms with Crippen molar-refractivity contribution in [3.05, 3.63) is 35.6 Å². The van der Waals surface area contributed by atoms with Crippen LogP contribution < -0.4 is 5.32 Å². The third-order valence-electron chi connectivity index (χ3n) is 3.48. The summed E-state index contributed by atoms with van der Waals surface area (Å²) in [6.45, 7) is 0.770. The lowest BCUT2D eigenvalue weighted by atomic mass is 10.2. The Kier molecular flexibility index (Phi) is 5.30. The average Bonchev–Trinajstić information content (AvgIpc) is 2.45. The molecule has 1 aromatic rings. The minimum atomic E-state index is -3.20. The van der Waals surface area contributed by atoms with E-state index < -0.39 is 10.0 Å². The molecule has 1 saturated heterocycles. The van der Waals surface area contributed by atoms with Gasteiger partial charge in [0.15, 0.2) is 0 Å². The van der Waals surface area contributed by atoms with E-state index in [0.29, 0.717) is 18.5 Å². The molecule has 1 amide bonds. The molecule has 5 nitrogen and oxygen atoms in total. The van der Waals surface area contributed by atoms with Crippen LogP contribution in [0.4, 0.5) is 4.39 Å². The van der Waals surface area contributed by atoms with Crippen molar-refractivity contribution in [3.63, 3.8) is 0 Å². The number of carbonyl (C=O) groups is 1. The Morgan fingerprint density at radius 1 is 1.29 bits per heavy atom. The summed E-state index contributed by atoms with van der Waals surface area (Å²) < 4.78 is 38.3. The molecule has 1 aliphatic heterocycles. The fourth-order valence-corrected chi connectivity index (χ4v) is 3.85. The van der Waals surface area contributed by atoms with E-state index in [1.807, 2.05) is 0 Å². The van der Waals surface area contributed by atoms with E-state index in [1.165, 1.54) is 10.4 Å².